The first-order valence-electron chi connectivity index (χ1n) is 17.1. The van der Waals surface area contributed by atoms with Gasteiger partial charge in [0.05, 0.1) is 19.1 Å². The van der Waals surface area contributed by atoms with E-state index in [9.17, 15) is 19.2 Å². The van der Waals surface area contributed by atoms with E-state index in [1.54, 1.807) is 0 Å². The molecule has 3 aromatic carbocycles. The lowest BCUT2D eigenvalue weighted by Gasteiger charge is -2.22. The minimum atomic E-state index is -1.25. The number of Topliss-reactive ketones (excluding diaryl/α,β-unsaturated/α-hetero) is 1. The fourth-order valence-electron chi connectivity index (χ4n) is 6.03. The monoisotopic (exact) mass is 672 g/mol. The van der Waals surface area contributed by atoms with Crippen molar-refractivity contribution in [3.63, 3.8) is 0 Å². The average molecular weight is 673 g/mol. The molecule has 10 nitrogen and oxygen atoms in total. The minimum absolute atomic E-state index is 0.182. The maximum atomic E-state index is 13.6. The van der Waals surface area contributed by atoms with E-state index in [1.807, 2.05) is 50.2 Å². The first-order chi connectivity index (χ1) is 23.4. The molecule has 0 saturated heterocycles. The van der Waals surface area contributed by atoms with Gasteiger partial charge in [-0.2, -0.15) is 0 Å². The summed E-state index contributed by atoms with van der Waals surface area (Å²) in [6, 6.07) is 17.9. The van der Waals surface area contributed by atoms with Gasteiger partial charge in [0.1, 0.15) is 11.8 Å². The highest BCUT2D eigenvalue weighted by molar-refractivity contribution is 5.93. The molecule has 10 heteroatoms. The summed E-state index contributed by atoms with van der Waals surface area (Å²) in [5, 5.41) is 11.9. The van der Waals surface area contributed by atoms with Crippen molar-refractivity contribution in [3.8, 4) is 16.9 Å². The van der Waals surface area contributed by atoms with E-state index in [0.29, 0.717) is 32.4 Å². The molecule has 0 radical (unpaired) electrons. The second-order valence-electron chi connectivity index (χ2n) is 12.8. The summed E-state index contributed by atoms with van der Waals surface area (Å²) in [7, 11) is 0. The van der Waals surface area contributed by atoms with Gasteiger partial charge in [-0.05, 0) is 105 Å². The molecule has 0 aliphatic rings. The van der Waals surface area contributed by atoms with Crippen LogP contribution in [-0.4, -0.2) is 53.9 Å². The van der Waals surface area contributed by atoms with E-state index in [0.717, 1.165) is 64.0 Å². The van der Waals surface area contributed by atoms with Crippen LogP contribution in [0.5, 0.6) is 5.75 Å². The topological polar surface area (TPSA) is 188 Å². The molecule has 8 N–H and O–H groups in total. The summed E-state index contributed by atoms with van der Waals surface area (Å²) in [6.45, 7) is 7.40. The third kappa shape index (κ3) is 12.8. The zero-order valence-electron chi connectivity index (χ0n) is 29.0. The first kappa shape index (κ1) is 38.9. The number of hydrogen-bond donors (Lipinski definition) is 5. The molecule has 3 atom stereocenters. The fraction of sp³-hybridized carbons (Fsp3) is 0.436. The number of hydrogen-bond acceptors (Lipinski definition) is 7. The largest absolute Gasteiger partial charge is 0.494 e. The van der Waals surface area contributed by atoms with Crippen molar-refractivity contribution in [1.82, 2.24) is 5.32 Å². The van der Waals surface area contributed by atoms with E-state index in [2.05, 4.69) is 36.5 Å². The lowest BCUT2D eigenvalue weighted by Crippen LogP contribution is -2.48. The second kappa shape index (κ2) is 19.5. The number of ether oxygens (including phenoxy) is 1. The predicted molar refractivity (Wildman–Crippen MR) is 192 cm³/mol. The molecule has 0 fully saturated rings. The Bertz CT molecular complexity index is 1550. The molecule has 49 heavy (non-hydrogen) atoms. The number of aliphatic carboxylic acids is 1. The fourth-order valence-corrected chi connectivity index (χ4v) is 6.03. The molecule has 264 valence electrons. The number of nitrogens with two attached hydrogens (primary N) is 3. The van der Waals surface area contributed by atoms with Gasteiger partial charge in [-0.1, -0.05) is 66.6 Å². The molecule has 3 rings (SSSR count). The predicted octanol–water partition coefficient (Wildman–Crippen LogP) is 4.56. The Morgan fingerprint density at radius 2 is 1.57 bits per heavy atom. The lowest BCUT2D eigenvalue weighted by molar-refractivity contribution is -0.139. The van der Waals surface area contributed by atoms with Gasteiger partial charge in [-0.15, -0.1) is 0 Å². The van der Waals surface area contributed by atoms with E-state index in [4.69, 9.17) is 27.0 Å². The quantitative estimate of drug-likeness (QED) is 0.102. The number of rotatable bonds is 21. The van der Waals surface area contributed by atoms with Crippen LogP contribution >= 0.6 is 0 Å². The summed E-state index contributed by atoms with van der Waals surface area (Å²) in [6.07, 6.45) is 3.65. The van der Waals surface area contributed by atoms with Crippen LogP contribution in [0.3, 0.4) is 0 Å². The summed E-state index contributed by atoms with van der Waals surface area (Å²) in [5.74, 6) is -2.99. The second-order valence-corrected chi connectivity index (χ2v) is 12.8. The van der Waals surface area contributed by atoms with Crippen molar-refractivity contribution in [1.29, 1.82) is 0 Å². The van der Waals surface area contributed by atoms with E-state index >= 15 is 0 Å². The Balaban J connectivity index is 1.75. The number of carbonyl (C=O) groups excluding carboxylic acids is 3. The number of amides is 2. The van der Waals surface area contributed by atoms with Crippen LogP contribution < -0.4 is 27.3 Å². The van der Waals surface area contributed by atoms with Gasteiger partial charge in [0.15, 0.2) is 5.78 Å². The zero-order chi connectivity index (χ0) is 35.9. The van der Waals surface area contributed by atoms with Crippen LogP contribution in [0.1, 0.15) is 73.3 Å². The molecule has 0 saturated carbocycles. The Labute approximate surface area is 289 Å². The van der Waals surface area contributed by atoms with Crippen LogP contribution in [-0.2, 0) is 38.4 Å². The Kier molecular flexibility index (Phi) is 15.4. The van der Waals surface area contributed by atoms with Gasteiger partial charge >= 0.3 is 5.97 Å². The molecule has 3 aromatic rings. The Morgan fingerprint density at radius 3 is 2.18 bits per heavy atom. The Morgan fingerprint density at radius 1 is 0.878 bits per heavy atom. The molecule has 2 amide bonds. The van der Waals surface area contributed by atoms with E-state index in [-0.39, 0.29) is 12.8 Å². The number of benzene rings is 3. The van der Waals surface area contributed by atoms with Gasteiger partial charge in [-0.25, -0.2) is 0 Å². The number of primary amides is 1. The molecule has 0 aromatic heterocycles. The van der Waals surface area contributed by atoms with Crippen molar-refractivity contribution in [2.75, 3.05) is 13.2 Å². The summed E-state index contributed by atoms with van der Waals surface area (Å²) in [4.78, 5) is 50.2. The molecule has 0 bridgehead atoms. The van der Waals surface area contributed by atoms with Crippen LogP contribution in [0.2, 0.25) is 0 Å². The molecular weight excluding hydrogens is 620 g/mol. The maximum Gasteiger partial charge on any atom is 0.305 e. The van der Waals surface area contributed by atoms with Crippen LogP contribution in [0.4, 0.5) is 0 Å². The number of unbranched alkanes of at least 4 members (excludes halogenated alkanes) is 1. The number of aryl methyl sites for hydroxylation is 4. The van der Waals surface area contributed by atoms with Crippen LogP contribution in [0.15, 0.2) is 60.7 Å². The number of carboxylic acids is 1. The van der Waals surface area contributed by atoms with Gasteiger partial charge in [0.25, 0.3) is 0 Å². The highest BCUT2D eigenvalue weighted by Gasteiger charge is 2.29. The van der Waals surface area contributed by atoms with Gasteiger partial charge in [-0.3, -0.25) is 19.2 Å². The average Bonchev–Trinajstić information content (AvgIpc) is 3.05. The molecule has 0 heterocycles. The van der Waals surface area contributed by atoms with Gasteiger partial charge in [0.2, 0.25) is 11.8 Å². The number of carboxylic acid groups (broad SMARTS) is 1. The minimum Gasteiger partial charge on any atom is -0.494 e. The summed E-state index contributed by atoms with van der Waals surface area (Å²) in [5.41, 5.74) is 24.6. The molecule has 0 aliphatic carbocycles. The van der Waals surface area contributed by atoms with Crippen molar-refractivity contribution < 1.29 is 29.0 Å². The van der Waals surface area contributed by atoms with Crippen molar-refractivity contribution >= 4 is 23.6 Å². The highest BCUT2D eigenvalue weighted by Crippen LogP contribution is 2.29. The molecule has 0 aliphatic heterocycles. The summed E-state index contributed by atoms with van der Waals surface area (Å²) >= 11 is 0. The zero-order valence-corrected chi connectivity index (χ0v) is 29.0. The highest BCUT2D eigenvalue weighted by atomic mass is 16.5. The van der Waals surface area contributed by atoms with Gasteiger partial charge in [0, 0.05) is 12.3 Å². The molecule has 0 spiro atoms. The van der Waals surface area contributed by atoms with Crippen molar-refractivity contribution in [2.45, 2.75) is 90.6 Å². The van der Waals surface area contributed by atoms with Crippen molar-refractivity contribution in [3.05, 3.63) is 88.5 Å². The first-order valence-corrected chi connectivity index (χ1v) is 17.1. The molecular formula is C39H52N4O6. The lowest BCUT2D eigenvalue weighted by atomic mass is 9.89. The number of carbonyl (C=O) groups is 4. The molecule has 0 unspecified atom stereocenters. The Hall–Kier alpha value is -4.54. The van der Waals surface area contributed by atoms with E-state index in [1.165, 1.54) is 0 Å². The third-order valence-corrected chi connectivity index (χ3v) is 8.60. The summed E-state index contributed by atoms with van der Waals surface area (Å²) < 4.78 is 5.90. The van der Waals surface area contributed by atoms with Crippen molar-refractivity contribution in [2.24, 2.45) is 23.1 Å². The normalized spacial score (nSPS) is 12.9. The van der Waals surface area contributed by atoms with Crippen LogP contribution in [0, 0.1) is 19.8 Å². The number of ketones is 1. The third-order valence-electron chi connectivity index (χ3n) is 8.60. The smallest absolute Gasteiger partial charge is 0.305 e. The van der Waals surface area contributed by atoms with Crippen LogP contribution in [0.25, 0.3) is 11.1 Å². The number of nitrogens with one attached hydrogen (secondary N) is 1. The van der Waals surface area contributed by atoms with E-state index < -0.39 is 48.0 Å². The maximum absolute atomic E-state index is 13.6. The standard InChI is InChI=1S/C39H52N4O6/c1-4-29-22-32(49-17-6-5-16-40)14-15-33(29)30-12-10-27(11-13-30)21-31(23-36(44)34(41)24-37(45)46)39(48)43-35(38(42)47)9-7-8-28-19-25(2)18-26(3)20-28/h10-15,18-20,22,31,34-35H,4-9,16-17,21,23-24,40-41H2,1-3H3,(H2,42,47)(H,43,48)(H,45,46)/t31-,34+,35+/m1/s1. The SMILES string of the molecule is CCc1cc(OCCCCN)ccc1-c1ccc(C[C@H](CC(=O)[C@@H](N)CC(=O)O)C(=O)N[C@@H](CCCc2cc(C)cc(C)c2)C(N)=O)cc1. The van der Waals surface area contributed by atoms with Gasteiger partial charge < -0.3 is 32.4 Å².